The lowest BCUT2D eigenvalue weighted by Gasteiger charge is -2.09. The van der Waals surface area contributed by atoms with E-state index < -0.39 is 5.97 Å². The van der Waals surface area contributed by atoms with Crippen LogP contribution < -0.4 is 10.1 Å². The highest BCUT2D eigenvalue weighted by Gasteiger charge is 2.16. The number of benzene rings is 3. The van der Waals surface area contributed by atoms with Gasteiger partial charge in [-0.25, -0.2) is 4.79 Å². The molecule has 0 saturated heterocycles. The molecule has 0 fully saturated rings. The van der Waals surface area contributed by atoms with Gasteiger partial charge in [-0.2, -0.15) is 5.10 Å². The zero-order valence-electron chi connectivity index (χ0n) is 19.0. The van der Waals surface area contributed by atoms with Gasteiger partial charge in [-0.1, -0.05) is 42.5 Å². The second-order valence-electron chi connectivity index (χ2n) is 7.96. The summed E-state index contributed by atoms with van der Waals surface area (Å²) < 4.78 is 7.55. The van der Waals surface area contributed by atoms with E-state index in [4.69, 9.17) is 9.84 Å². The number of hydrogen-bond acceptors (Lipinski definition) is 4. The molecule has 0 saturated carbocycles. The molecule has 0 radical (unpaired) electrons. The zero-order valence-corrected chi connectivity index (χ0v) is 19.0. The van der Waals surface area contributed by atoms with E-state index in [0.717, 1.165) is 22.6 Å². The Morgan fingerprint density at radius 3 is 2.15 bits per heavy atom. The summed E-state index contributed by atoms with van der Waals surface area (Å²) in [6, 6.07) is 23.6. The molecule has 0 atom stereocenters. The summed E-state index contributed by atoms with van der Waals surface area (Å²) in [6.07, 6.45) is 0. The van der Waals surface area contributed by atoms with Gasteiger partial charge in [-0.3, -0.25) is 9.48 Å². The van der Waals surface area contributed by atoms with E-state index in [1.165, 1.54) is 0 Å². The molecular weight excluding hydrogens is 430 g/mol. The monoisotopic (exact) mass is 455 g/mol. The zero-order chi connectivity index (χ0) is 24.1. The van der Waals surface area contributed by atoms with Crippen molar-refractivity contribution in [3.05, 3.63) is 113 Å². The summed E-state index contributed by atoms with van der Waals surface area (Å²) in [5.41, 5.74) is 4.86. The van der Waals surface area contributed by atoms with Crippen molar-refractivity contribution in [3.63, 3.8) is 0 Å². The van der Waals surface area contributed by atoms with E-state index in [9.17, 15) is 9.59 Å². The molecule has 34 heavy (non-hydrogen) atoms. The smallest absolute Gasteiger partial charge is 0.335 e. The molecule has 4 rings (SSSR count). The lowest BCUT2D eigenvalue weighted by Crippen LogP contribution is -2.13. The van der Waals surface area contributed by atoms with Gasteiger partial charge in [0.05, 0.1) is 29.2 Å². The van der Waals surface area contributed by atoms with Crippen LogP contribution >= 0.6 is 0 Å². The highest BCUT2D eigenvalue weighted by molar-refractivity contribution is 6.04. The minimum Gasteiger partial charge on any atom is -0.489 e. The second kappa shape index (κ2) is 10.0. The van der Waals surface area contributed by atoms with Crippen LogP contribution in [-0.4, -0.2) is 26.8 Å². The predicted molar refractivity (Wildman–Crippen MR) is 129 cm³/mol. The number of aryl methyl sites for hydroxylation is 1. The maximum Gasteiger partial charge on any atom is 0.335 e. The van der Waals surface area contributed by atoms with Crippen LogP contribution in [0.5, 0.6) is 5.75 Å². The van der Waals surface area contributed by atoms with Gasteiger partial charge in [0, 0.05) is 5.56 Å². The number of carbonyl (C=O) groups excluding carboxylic acids is 1. The molecule has 0 bridgehead atoms. The van der Waals surface area contributed by atoms with Gasteiger partial charge >= 0.3 is 5.97 Å². The minimum atomic E-state index is -0.959. The number of amides is 1. The topological polar surface area (TPSA) is 93.5 Å². The van der Waals surface area contributed by atoms with Crippen molar-refractivity contribution in [1.82, 2.24) is 9.78 Å². The average Bonchev–Trinajstić information content (AvgIpc) is 3.11. The molecule has 0 aliphatic carbocycles. The third kappa shape index (κ3) is 5.32. The molecule has 0 aliphatic heterocycles. The van der Waals surface area contributed by atoms with E-state index in [-0.39, 0.29) is 11.5 Å². The molecule has 0 unspecified atom stereocenters. The Balaban J connectivity index is 1.40. The third-order valence-electron chi connectivity index (χ3n) is 5.52. The fraction of sp³-hybridized carbons (Fsp3) is 0.148. The molecule has 1 heterocycles. The maximum absolute atomic E-state index is 12.8. The molecule has 7 nitrogen and oxygen atoms in total. The minimum absolute atomic E-state index is 0.216. The Morgan fingerprint density at radius 1 is 0.882 bits per heavy atom. The lowest BCUT2D eigenvalue weighted by atomic mass is 10.1. The molecular formula is C27H25N3O4. The van der Waals surface area contributed by atoms with Crippen molar-refractivity contribution < 1.29 is 19.4 Å². The highest BCUT2D eigenvalue weighted by atomic mass is 16.5. The number of hydrogen-bond donors (Lipinski definition) is 2. The predicted octanol–water partition coefficient (Wildman–Crippen LogP) is 5.08. The first-order valence-corrected chi connectivity index (χ1v) is 10.8. The second-order valence-corrected chi connectivity index (χ2v) is 7.96. The number of carboxylic acid groups (broad SMARTS) is 1. The summed E-state index contributed by atoms with van der Waals surface area (Å²) in [4.78, 5) is 23.9. The molecule has 1 aromatic heterocycles. The fourth-order valence-electron chi connectivity index (χ4n) is 3.58. The van der Waals surface area contributed by atoms with E-state index >= 15 is 0 Å². The number of ether oxygens (including phenoxy) is 1. The number of para-hydroxylation sites is 1. The molecule has 172 valence electrons. The number of anilines is 1. The van der Waals surface area contributed by atoms with Crippen LogP contribution in [0.15, 0.2) is 78.9 Å². The van der Waals surface area contributed by atoms with Crippen LogP contribution in [0.3, 0.4) is 0 Å². The van der Waals surface area contributed by atoms with Crippen molar-refractivity contribution in [1.29, 1.82) is 0 Å². The normalized spacial score (nSPS) is 10.6. The Labute approximate surface area is 197 Å². The van der Waals surface area contributed by atoms with Gasteiger partial charge in [0.15, 0.2) is 0 Å². The van der Waals surface area contributed by atoms with Gasteiger partial charge in [-0.05, 0) is 61.4 Å². The Bertz CT molecular complexity index is 1290. The first-order chi connectivity index (χ1) is 16.4. The summed E-state index contributed by atoms with van der Waals surface area (Å²) in [5.74, 6) is -0.378. The quantitative estimate of drug-likeness (QED) is 0.387. The molecule has 3 aromatic carbocycles. The van der Waals surface area contributed by atoms with Gasteiger partial charge < -0.3 is 15.2 Å². The number of nitrogens with one attached hydrogen (secondary N) is 1. The van der Waals surface area contributed by atoms with Crippen molar-refractivity contribution in [2.75, 3.05) is 5.32 Å². The SMILES string of the molecule is Cc1nn(Cc2ccc(C(=O)O)cc2)c(C)c1NC(=O)c1ccc(COc2ccccc2)cc1. The number of carboxylic acids is 1. The number of aromatic carboxylic acids is 1. The van der Waals surface area contributed by atoms with Gasteiger partial charge in [0.25, 0.3) is 5.91 Å². The van der Waals surface area contributed by atoms with Crippen molar-refractivity contribution in [2.45, 2.75) is 27.0 Å². The highest BCUT2D eigenvalue weighted by Crippen LogP contribution is 2.22. The standard InChI is InChI=1S/C27H25N3O4/c1-18-25(19(2)30(29-18)16-20-8-14-23(15-9-20)27(32)33)28-26(31)22-12-10-21(11-13-22)17-34-24-6-4-3-5-7-24/h3-15H,16-17H2,1-2H3,(H,28,31)(H,32,33). The molecule has 4 aromatic rings. The summed E-state index contributed by atoms with van der Waals surface area (Å²) in [5, 5.41) is 16.6. The summed E-state index contributed by atoms with van der Waals surface area (Å²) in [7, 11) is 0. The Hall–Kier alpha value is -4.39. The molecule has 0 aliphatic rings. The number of nitrogens with zero attached hydrogens (tertiary/aromatic N) is 2. The van der Waals surface area contributed by atoms with Crippen molar-refractivity contribution in [3.8, 4) is 5.75 Å². The first-order valence-electron chi connectivity index (χ1n) is 10.8. The first kappa shape index (κ1) is 22.8. The van der Waals surface area contributed by atoms with E-state index in [2.05, 4.69) is 10.4 Å². The van der Waals surface area contributed by atoms with Crippen LogP contribution in [0.1, 0.15) is 43.2 Å². The van der Waals surface area contributed by atoms with Gasteiger partial charge in [-0.15, -0.1) is 0 Å². The molecule has 1 amide bonds. The summed E-state index contributed by atoms with van der Waals surface area (Å²) in [6.45, 7) is 4.63. The van der Waals surface area contributed by atoms with E-state index in [1.54, 1.807) is 41.1 Å². The van der Waals surface area contributed by atoms with Gasteiger partial charge in [0.2, 0.25) is 0 Å². The molecule has 7 heteroatoms. The van der Waals surface area contributed by atoms with Crippen LogP contribution in [0.2, 0.25) is 0 Å². The van der Waals surface area contributed by atoms with Crippen LogP contribution in [-0.2, 0) is 13.2 Å². The third-order valence-corrected chi connectivity index (χ3v) is 5.52. The molecule has 0 spiro atoms. The van der Waals surface area contributed by atoms with Gasteiger partial charge in [0.1, 0.15) is 12.4 Å². The lowest BCUT2D eigenvalue weighted by molar-refractivity contribution is 0.0696. The average molecular weight is 456 g/mol. The van der Waals surface area contributed by atoms with E-state index in [1.807, 2.05) is 56.3 Å². The summed E-state index contributed by atoms with van der Waals surface area (Å²) >= 11 is 0. The van der Waals surface area contributed by atoms with Crippen LogP contribution in [0, 0.1) is 13.8 Å². The van der Waals surface area contributed by atoms with Crippen molar-refractivity contribution in [2.24, 2.45) is 0 Å². The van der Waals surface area contributed by atoms with Crippen LogP contribution in [0.4, 0.5) is 5.69 Å². The van der Waals surface area contributed by atoms with Crippen molar-refractivity contribution >= 4 is 17.6 Å². The number of aromatic nitrogens is 2. The largest absolute Gasteiger partial charge is 0.489 e. The molecule has 2 N–H and O–H groups in total. The Kier molecular flexibility index (Phi) is 6.73. The van der Waals surface area contributed by atoms with Crippen LogP contribution in [0.25, 0.3) is 0 Å². The Morgan fingerprint density at radius 2 is 1.50 bits per heavy atom. The maximum atomic E-state index is 12.8. The number of carbonyl (C=O) groups is 2. The van der Waals surface area contributed by atoms with E-state index in [0.29, 0.717) is 30.1 Å². The fourth-order valence-corrected chi connectivity index (χ4v) is 3.58. The number of rotatable bonds is 8.